The lowest BCUT2D eigenvalue weighted by molar-refractivity contribution is 0.307. The average molecular weight is 820 g/mol. The molecule has 0 radical (unpaired) electrons. The van der Waals surface area contributed by atoms with Crippen molar-refractivity contribution in [3.8, 4) is 33.8 Å². The van der Waals surface area contributed by atoms with Crippen LogP contribution in [0.25, 0.3) is 43.8 Å². The number of ether oxygens (including phenoxy) is 2. The number of benzene rings is 9. The summed E-state index contributed by atoms with van der Waals surface area (Å²) in [5.41, 5.74) is 9.66. The molecule has 0 unspecified atom stereocenters. The van der Waals surface area contributed by atoms with E-state index >= 15 is 0 Å². The Balaban J connectivity index is 0.870. The lowest BCUT2D eigenvalue weighted by Gasteiger charge is -2.18. The lowest BCUT2D eigenvalue weighted by Crippen LogP contribution is -2.03. The van der Waals surface area contributed by atoms with Gasteiger partial charge in [-0.2, -0.15) is 20.5 Å². The van der Waals surface area contributed by atoms with E-state index in [4.69, 9.17) is 32.7 Å². The molecule has 0 atom stereocenters. The van der Waals surface area contributed by atoms with Crippen molar-refractivity contribution >= 4 is 67.5 Å². The van der Waals surface area contributed by atoms with Crippen molar-refractivity contribution in [3.05, 3.63) is 215 Å². The first-order valence-corrected chi connectivity index (χ1v) is 20.2. The molecule has 0 bridgehead atoms. The van der Waals surface area contributed by atoms with Crippen LogP contribution in [0, 0.1) is 0 Å². The summed E-state index contributed by atoms with van der Waals surface area (Å²) >= 11 is 12.0. The molecule has 9 aromatic carbocycles. The van der Waals surface area contributed by atoms with Crippen LogP contribution in [0.3, 0.4) is 0 Å². The van der Waals surface area contributed by atoms with Crippen LogP contribution >= 0.6 is 23.2 Å². The standard InChI is InChI=1S/C52H36Cl2N4O2/c53-39-17-25-43(26-18-39)57-55-41-21-9-35(10-22-41)37-13-29-45(30-14-37)59-33-51-47-5-1-2-6-48(47)52(50-8-4-3-7-49(50)51)34-60-46-31-15-38(16-32-46)36-11-23-42(24-12-36)56-58-44-27-19-40(54)20-28-44/h1-32H,33-34H2. The highest BCUT2D eigenvalue weighted by atomic mass is 35.5. The fourth-order valence-electron chi connectivity index (χ4n) is 7.11. The predicted molar refractivity (Wildman–Crippen MR) is 245 cm³/mol. The molecule has 290 valence electrons. The Kier molecular flexibility index (Phi) is 11.4. The van der Waals surface area contributed by atoms with Gasteiger partial charge in [-0.25, -0.2) is 0 Å². The maximum atomic E-state index is 6.48. The van der Waals surface area contributed by atoms with Gasteiger partial charge in [0.25, 0.3) is 0 Å². The second kappa shape index (κ2) is 17.8. The first-order valence-electron chi connectivity index (χ1n) is 19.4. The fraction of sp³-hybridized carbons (Fsp3) is 0.0385. The number of azo groups is 2. The topological polar surface area (TPSA) is 67.9 Å². The van der Waals surface area contributed by atoms with Gasteiger partial charge in [0, 0.05) is 21.2 Å². The van der Waals surface area contributed by atoms with Crippen molar-refractivity contribution in [3.63, 3.8) is 0 Å². The SMILES string of the molecule is Clc1ccc(N=Nc2ccc(-c3ccc(OCc4c5ccccc5c(COc5ccc(-c6ccc(N=Nc7ccc(Cl)cc7)cc6)cc5)c5ccccc45)cc3)cc2)cc1. The van der Waals surface area contributed by atoms with Gasteiger partial charge >= 0.3 is 0 Å². The molecule has 0 fully saturated rings. The summed E-state index contributed by atoms with van der Waals surface area (Å²) in [6, 6.07) is 64.0. The van der Waals surface area contributed by atoms with Crippen molar-refractivity contribution in [2.24, 2.45) is 20.5 Å². The smallest absolute Gasteiger partial charge is 0.119 e. The zero-order valence-electron chi connectivity index (χ0n) is 32.3. The molecule has 0 saturated heterocycles. The van der Waals surface area contributed by atoms with Gasteiger partial charge in [0.2, 0.25) is 0 Å². The molecule has 0 aliphatic heterocycles. The van der Waals surface area contributed by atoms with Crippen LogP contribution in [-0.4, -0.2) is 0 Å². The minimum absolute atomic E-state index is 0.419. The molecule has 8 heteroatoms. The van der Waals surface area contributed by atoms with Crippen molar-refractivity contribution in [2.45, 2.75) is 13.2 Å². The molecule has 9 aromatic rings. The molecule has 0 spiro atoms. The summed E-state index contributed by atoms with van der Waals surface area (Å²) in [7, 11) is 0. The van der Waals surface area contributed by atoms with Crippen LogP contribution in [0.1, 0.15) is 11.1 Å². The number of fused-ring (bicyclic) bond motifs is 2. The maximum absolute atomic E-state index is 6.48. The van der Waals surface area contributed by atoms with Crippen molar-refractivity contribution < 1.29 is 9.47 Å². The van der Waals surface area contributed by atoms with Crippen LogP contribution in [0.2, 0.25) is 10.0 Å². The van der Waals surface area contributed by atoms with Gasteiger partial charge < -0.3 is 9.47 Å². The van der Waals surface area contributed by atoms with Crippen LogP contribution in [0.5, 0.6) is 11.5 Å². The van der Waals surface area contributed by atoms with Crippen LogP contribution in [0.15, 0.2) is 215 Å². The Hall–Kier alpha value is -7.12. The monoisotopic (exact) mass is 818 g/mol. The molecule has 0 aromatic heterocycles. The van der Waals surface area contributed by atoms with Gasteiger partial charge in [0.15, 0.2) is 0 Å². The van der Waals surface area contributed by atoms with Gasteiger partial charge in [-0.15, -0.1) is 0 Å². The molecule has 0 heterocycles. The molecular weight excluding hydrogens is 784 g/mol. The van der Waals surface area contributed by atoms with E-state index in [1.807, 2.05) is 97.1 Å². The Morgan fingerprint density at radius 2 is 0.550 bits per heavy atom. The lowest BCUT2D eigenvalue weighted by atomic mass is 9.92. The first-order chi connectivity index (χ1) is 29.5. The molecule has 0 saturated carbocycles. The number of halogens is 2. The number of hydrogen-bond donors (Lipinski definition) is 0. The van der Waals surface area contributed by atoms with E-state index in [2.05, 4.69) is 93.3 Å². The predicted octanol–water partition coefficient (Wildman–Crippen LogP) is 16.6. The van der Waals surface area contributed by atoms with Gasteiger partial charge in [-0.3, -0.25) is 0 Å². The summed E-state index contributed by atoms with van der Waals surface area (Å²) in [5.74, 6) is 1.60. The first kappa shape index (κ1) is 38.4. The highest BCUT2D eigenvalue weighted by Gasteiger charge is 2.15. The van der Waals surface area contributed by atoms with E-state index in [1.165, 1.54) is 0 Å². The van der Waals surface area contributed by atoms with Crippen LogP contribution < -0.4 is 9.47 Å². The third kappa shape index (κ3) is 8.96. The Morgan fingerprint density at radius 3 is 0.833 bits per heavy atom. The van der Waals surface area contributed by atoms with Crippen molar-refractivity contribution in [1.82, 2.24) is 0 Å². The number of rotatable bonds is 12. The highest BCUT2D eigenvalue weighted by molar-refractivity contribution is 6.30. The molecule has 60 heavy (non-hydrogen) atoms. The Bertz CT molecular complexity index is 2690. The molecule has 9 rings (SSSR count). The van der Waals surface area contributed by atoms with E-state index in [9.17, 15) is 0 Å². The largest absolute Gasteiger partial charge is 0.489 e. The summed E-state index contributed by atoms with van der Waals surface area (Å²) in [6.07, 6.45) is 0. The summed E-state index contributed by atoms with van der Waals surface area (Å²) < 4.78 is 13.0. The number of hydrogen-bond acceptors (Lipinski definition) is 6. The zero-order chi connectivity index (χ0) is 40.7. The molecular formula is C52H36Cl2N4O2. The molecule has 0 N–H and O–H groups in total. The van der Waals surface area contributed by atoms with E-state index in [0.29, 0.717) is 23.3 Å². The maximum Gasteiger partial charge on any atom is 0.119 e. The molecule has 0 amide bonds. The summed E-state index contributed by atoms with van der Waals surface area (Å²) in [4.78, 5) is 0. The van der Waals surface area contributed by atoms with Crippen molar-refractivity contribution in [1.29, 1.82) is 0 Å². The van der Waals surface area contributed by atoms with E-state index < -0.39 is 0 Å². The van der Waals surface area contributed by atoms with Gasteiger partial charge in [-0.1, -0.05) is 120 Å². The minimum Gasteiger partial charge on any atom is -0.489 e. The van der Waals surface area contributed by atoms with Crippen molar-refractivity contribution in [2.75, 3.05) is 0 Å². The fourth-order valence-corrected chi connectivity index (χ4v) is 7.36. The highest BCUT2D eigenvalue weighted by Crippen LogP contribution is 2.36. The zero-order valence-corrected chi connectivity index (χ0v) is 33.8. The van der Waals surface area contributed by atoms with E-state index in [1.54, 1.807) is 24.3 Å². The molecule has 6 nitrogen and oxygen atoms in total. The van der Waals surface area contributed by atoms with E-state index in [0.717, 1.165) is 89.2 Å². The summed E-state index contributed by atoms with van der Waals surface area (Å²) in [6.45, 7) is 0.838. The second-order valence-electron chi connectivity index (χ2n) is 14.1. The summed E-state index contributed by atoms with van der Waals surface area (Å²) in [5, 5.41) is 23.2. The van der Waals surface area contributed by atoms with Crippen LogP contribution in [0.4, 0.5) is 22.7 Å². The third-order valence-electron chi connectivity index (χ3n) is 10.2. The van der Waals surface area contributed by atoms with Gasteiger partial charge in [0.1, 0.15) is 24.7 Å². The van der Waals surface area contributed by atoms with Gasteiger partial charge in [-0.05, 0) is 141 Å². The number of nitrogens with zero attached hydrogens (tertiary/aromatic N) is 4. The minimum atomic E-state index is 0.419. The van der Waals surface area contributed by atoms with Crippen LogP contribution in [-0.2, 0) is 13.2 Å². The Morgan fingerprint density at radius 1 is 0.300 bits per heavy atom. The quantitative estimate of drug-likeness (QED) is 0.0910. The average Bonchev–Trinajstić information content (AvgIpc) is 3.30. The second-order valence-corrected chi connectivity index (χ2v) is 15.0. The normalized spacial score (nSPS) is 11.5. The van der Waals surface area contributed by atoms with E-state index in [-0.39, 0.29) is 0 Å². The Labute approximate surface area is 358 Å². The van der Waals surface area contributed by atoms with Gasteiger partial charge in [0.05, 0.1) is 22.7 Å². The molecule has 0 aliphatic rings. The third-order valence-corrected chi connectivity index (χ3v) is 10.7. The molecule has 0 aliphatic carbocycles.